The normalized spacial score (nSPS) is 14.3. The van der Waals surface area contributed by atoms with Crippen molar-refractivity contribution in [3.05, 3.63) is 0 Å². The van der Waals surface area contributed by atoms with Crippen molar-refractivity contribution in [1.29, 1.82) is 0 Å². The van der Waals surface area contributed by atoms with Crippen LogP contribution in [-0.2, 0) is 0 Å². The molecule has 0 fully saturated rings. The van der Waals surface area contributed by atoms with Gasteiger partial charge in [0.15, 0.2) is 0 Å². The van der Waals surface area contributed by atoms with Crippen molar-refractivity contribution in [3.63, 3.8) is 0 Å². The molecule has 0 bridgehead atoms. The lowest BCUT2D eigenvalue weighted by atomic mass is 10.2. The lowest BCUT2D eigenvalue weighted by Crippen LogP contribution is -2.25. The molecule has 0 aromatic heterocycles. The smallest absolute Gasteiger partial charge is 0.0666 e. The summed E-state index contributed by atoms with van der Waals surface area (Å²) in [7, 11) is 3.94. The van der Waals surface area contributed by atoms with Gasteiger partial charge in [-0.05, 0) is 20.5 Å². The molecule has 0 radical (unpaired) electrons. The summed E-state index contributed by atoms with van der Waals surface area (Å²) < 4.78 is 0. The molecule has 0 aromatic carbocycles. The summed E-state index contributed by atoms with van der Waals surface area (Å²) in [6, 6.07) is 0. The third-order valence-corrected chi connectivity index (χ3v) is 1.20. The number of rotatable bonds is 4. The number of likely N-dealkylation sites (N-methyl/N-ethyl adjacent to an activating group) is 1. The minimum Gasteiger partial charge on any atom is -0.392 e. The Bertz CT molecular complexity index is 63.9. The molecule has 0 amide bonds. The van der Waals surface area contributed by atoms with Crippen molar-refractivity contribution >= 4 is 0 Å². The van der Waals surface area contributed by atoms with E-state index in [2.05, 4.69) is 6.92 Å². The van der Waals surface area contributed by atoms with Crippen LogP contribution in [0.1, 0.15) is 19.8 Å². The fraction of sp³-hybridized carbons (Fsp3) is 1.00. The number of hydrogen-bond acceptors (Lipinski definition) is 2. The Kier molecular flexibility index (Phi) is 4.72. The summed E-state index contributed by atoms with van der Waals surface area (Å²) in [5.41, 5.74) is 0. The van der Waals surface area contributed by atoms with Crippen molar-refractivity contribution in [2.45, 2.75) is 25.9 Å². The molecule has 2 nitrogen and oxygen atoms in total. The Labute approximate surface area is 57.5 Å². The lowest BCUT2D eigenvalue weighted by molar-refractivity contribution is 0.127. The molecule has 0 rings (SSSR count). The molecule has 0 aliphatic carbocycles. The predicted molar refractivity (Wildman–Crippen MR) is 39.5 cm³/mol. The summed E-state index contributed by atoms with van der Waals surface area (Å²) in [5, 5.41) is 9.18. The monoisotopic (exact) mass is 131 g/mol. The fourth-order valence-corrected chi connectivity index (χ4v) is 0.846. The Balaban J connectivity index is 3.15. The van der Waals surface area contributed by atoms with Crippen LogP contribution in [0, 0.1) is 0 Å². The second kappa shape index (κ2) is 4.77. The largest absolute Gasteiger partial charge is 0.392 e. The van der Waals surface area contributed by atoms with Crippen LogP contribution < -0.4 is 0 Å². The molecular formula is C7H17NO. The maximum absolute atomic E-state index is 9.18. The summed E-state index contributed by atoms with van der Waals surface area (Å²) in [6.45, 7) is 2.87. The van der Waals surface area contributed by atoms with E-state index < -0.39 is 0 Å². The average molecular weight is 131 g/mol. The Morgan fingerprint density at radius 2 is 2.00 bits per heavy atom. The molecule has 1 N–H and O–H groups in total. The van der Waals surface area contributed by atoms with Crippen molar-refractivity contribution < 1.29 is 5.11 Å². The third kappa shape index (κ3) is 5.80. The zero-order valence-corrected chi connectivity index (χ0v) is 6.59. The number of aliphatic hydroxyl groups excluding tert-OH is 1. The van der Waals surface area contributed by atoms with Gasteiger partial charge in [0, 0.05) is 6.54 Å². The Morgan fingerprint density at radius 3 is 2.33 bits per heavy atom. The molecule has 0 aliphatic rings. The molecule has 9 heavy (non-hydrogen) atoms. The maximum Gasteiger partial charge on any atom is 0.0666 e. The van der Waals surface area contributed by atoms with Crippen LogP contribution in [-0.4, -0.2) is 36.8 Å². The predicted octanol–water partition coefficient (Wildman–Crippen LogP) is 0.709. The number of hydrogen-bond donors (Lipinski definition) is 1. The van der Waals surface area contributed by atoms with Crippen molar-refractivity contribution in [2.75, 3.05) is 20.6 Å². The van der Waals surface area contributed by atoms with Crippen molar-refractivity contribution in [2.24, 2.45) is 0 Å². The summed E-state index contributed by atoms with van der Waals surface area (Å²) >= 11 is 0. The molecule has 2 heteroatoms. The van der Waals surface area contributed by atoms with E-state index >= 15 is 0 Å². The van der Waals surface area contributed by atoms with Gasteiger partial charge in [0.25, 0.3) is 0 Å². The van der Waals surface area contributed by atoms with Crippen LogP contribution in [0.15, 0.2) is 0 Å². The van der Waals surface area contributed by atoms with E-state index in [1.165, 1.54) is 0 Å². The van der Waals surface area contributed by atoms with Crippen LogP contribution in [0.3, 0.4) is 0 Å². The van der Waals surface area contributed by atoms with E-state index in [4.69, 9.17) is 0 Å². The minimum absolute atomic E-state index is 0.134. The first-order valence-electron chi connectivity index (χ1n) is 3.49. The van der Waals surface area contributed by atoms with Crippen LogP contribution in [0.5, 0.6) is 0 Å². The molecule has 0 heterocycles. The average Bonchev–Trinajstić information content (AvgIpc) is 1.63. The summed E-state index contributed by atoms with van der Waals surface area (Å²) in [6.07, 6.45) is 1.85. The molecule has 0 aromatic rings. The van der Waals surface area contributed by atoms with E-state index in [9.17, 15) is 5.11 Å². The first-order chi connectivity index (χ1) is 4.16. The summed E-state index contributed by atoms with van der Waals surface area (Å²) in [5.74, 6) is 0. The van der Waals surface area contributed by atoms with Gasteiger partial charge in [-0.2, -0.15) is 0 Å². The molecule has 0 saturated carbocycles. The van der Waals surface area contributed by atoms with Crippen LogP contribution >= 0.6 is 0 Å². The van der Waals surface area contributed by atoms with Gasteiger partial charge in [-0.1, -0.05) is 13.3 Å². The van der Waals surface area contributed by atoms with E-state index in [0.717, 1.165) is 19.4 Å². The minimum atomic E-state index is -0.134. The standard InChI is InChI=1S/C7H17NO/c1-4-5-7(9)6-8(2)3/h7,9H,4-6H2,1-3H3. The lowest BCUT2D eigenvalue weighted by Gasteiger charge is -2.14. The molecular weight excluding hydrogens is 114 g/mol. The van der Waals surface area contributed by atoms with Crippen molar-refractivity contribution in [1.82, 2.24) is 4.90 Å². The van der Waals surface area contributed by atoms with Gasteiger partial charge in [-0.3, -0.25) is 0 Å². The molecule has 1 unspecified atom stereocenters. The van der Waals surface area contributed by atoms with Crippen LogP contribution in [0.25, 0.3) is 0 Å². The second-order valence-electron chi connectivity index (χ2n) is 2.70. The first-order valence-corrected chi connectivity index (χ1v) is 3.49. The van der Waals surface area contributed by atoms with E-state index in [-0.39, 0.29) is 6.10 Å². The summed E-state index contributed by atoms with van der Waals surface area (Å²) in [4.78, 5) is 2.00. The van der Waals surface area contributed by atoms with Gasteiger partial charge in [-0.15, -0.1) is 0 Å². The van der Waals surface area contributed by atoms with Gasteiger partial charge in [0.2, 0.25) is 0 Å². The quantitative estimate of drug-likeness (QED) is 0.607. The molecule has 0 aliphatic heterocycles. The molecule has 0 saturated heterocycles. The highest BCUT2D eigenvalue weighted by Gasteiger charge is 2.01. The topological polar surface area (TPSA) is 23.5 Å². The molecule has 1 atom stereocenters. The highest BCUT2D eigenvalue weighted by Crippen LogP contribution is 1.95. The number of aliphatic hydroxyl groups is 1. The van der Waals surface area contributed by atoms with Crippen LogP contribution in [0.4, 0.5) is 0 Å². The van der Waals surface area contributed by atoms with Gasteiger partial charge >= 0.3 is 0 Å². The Hall–Kier alpha value is -0.0800. The zero-order valence-electron chi connectivity index (χ0n) is 6.59. The van der Waals surface area contributed by atoms with E-state index in [1.807, 2.05) is 19.0 Å². The van der Waals surface area contributed by atoms with E-state index in [0.29, 0.717) is 0 Å². The van der Waals surface area contributed by atoms with Gasteiger partial charge in [-0.25, -0.2) is 0 Å². The van der Waals surface area contributed by atoms with Crippen LogP contribution in [0.2, 0.25) is 0 Å². The van der Waals surface area contributed by atoms with Gasteiger partial charge in [0.05, 0.1) is 6.10 Å². The third-order valence-electron chi connectivity index (χ3n) is 1.20. The Morgan fingerprint density at radius 1 is 1.44 bits per heavy atom. The first kappa shape index (κ1) is 8.92. The highest BCUT2D eigenvalue weighted by molar-refractivity contribution is 4.56. The van der Waals surface area contributed by atoms with E-state index in [1.54, 1.807) is 0 Å². The zero-order chi connectivity index (χ0) is 7.28. The van der Waals surface area contributed by atoms with Gasteiger partial charge in [0.1, 0.15) is 0 Å². The fourth-order valence-electron chi connectivity index (χ4n) is 0.846. The second-order valence-corrected chi connectivity index (χ2v) is 2.70. The maximum atomic E-state index is 9.18. The highest BCUT2D eigenvalue weighted by atomic mass is 16.3. The molecule has 56 valence electrons. The van der Waals surface area contributed by atoms with Gasteiger partial charge < -0.3 is 10.0 Å². The SMILES string of the molecule is CCCC(O)CN(C)C. The molecule has 0 spiro atoms. The number of nitrogens with zero attached hydrogens (tertiary/aromatic N) is 1. The van der Waals surface area contributed by atoms with Crippen molar-refractivity contribution in [3.8, 4) is 0 Å².